The van der Waals surface area contributed by atoms with Crippen molar-refractivity contribution in [3.05, 3.63) is 29.8 Å². The van der Waals surface area contributed by atoms with E-state index in [-0.39, 0.29) is 17.4 Å². The van der Waals surface area contributed by atoms with Crippen LogP contribution in [0.4, 0.5) is 0 Å². The Hall–Kier alpha value is -2.08. The fraction of sp³-hybridized carbons (Fsp3) is 0.467. The lowest BCUT2D eigenvalue weighted by molar-refractivity contribution is -0.905. The number of aromatic carboxylic acids is 1. The van der Waals surface area contributed by atoms with Crippen LogP contribution in [0.5, 0.6) is 5.75 Å². The van der Waals surface area contributed by atoms with Gasteiger partial charge in [-0.05, 0) is 29.8 Å². The predicted octanol–water partition coefficient (Wildman–Crippen LogP) is -1.79. The number of piperidine rings is 1. The number of carbonyl (C=O) groups is 2. The Morgan fingerprint density at radius 3 is 2.38 bits per heavy atom. The van der Waals surface area contributed by atoms with Crippen LogP contribution in [0.25, 0.3) is 0 Å². The van der Waals surface area contributed by atoms with Gasteiger partial charge in [-0.25, -0.2) is 0 Å². The molecule has 0 aliphatic carbocycles. The van der Waals surface area contributed by atoms with E-state index in [1.807, 2.05) is 0 Å². The summed E-state index contributed by atoms with van der Waals surface area (Å²) < 4.78 is 5.59. The SMILES string of the molecule is NC(=O)C1CC[NH+](CCOc2ccc(C(=O)[O-])cc2)CC1. The molecule has 0 atom stereocenters. The number of benzene rings is 1. The van der Waals surface area contributed by atoms with Gasteiger partial charge in [-0.2, -0.15) is 0 Å². The Bertz CT molecular complexity index is 493. The number of likely N-dealkylation sites (tertiary alicyclic amines) is 1. The van der Waals surface area contributed by atoms with Gasteiger partial charge in [0.1, 0.15) is 18.9 Å². The molecule has 1 aromatic carbocycles. The van der Waals surface area contributed by atoms with Crippen molar-refractivity contribution in [2.24, 2.45) is 11.7 Å². The van der Waals surface area contributed by atoms with Gasteiger partial charge in [-0.15, -0.1) is 0 Å². The van der Waals surface area contributed by atoms with E-state index in [1.165, 1.54) is 17.0 Å². The molecule has 1 saturated heterocycles. The quantitative estimate of drug-likeness (QED) is 0.647. The third kappa shape index (κ3) is 4.46. The summed E-state index contributed by atoms with van der Waals surface area (Å²) in [5.74, 6) is -0.722. The van der Waals surface area contributed by atoms with Gasteiger partial charge in [0.05, 0.1) is 19.1 Å². The number of amides is 1. The van der Waals surface area contributed by atoms with Gasteiger partial charge in [0, 0.05) is 18.8 Å². The molecule has 1 fully saturated rings. The molecule has 1 aliphatic rings. The van der Waals surface area contributed by atoms with Gasteiger partial charge in [0.25, 0.3) is 0 Å². The van der Waals surface area contributed by atoms with Crippen LogP contribution in [0, 0.1) is 5.92 Å². The number of quaternary nitrogens is 1. The fourth-order valence-corrected chi connectivity index (χ4v) is 2.56. The number of carbonyl (C=O) groups excluding carboxylic acids is 2. The molecule has 0 saturated carbocycles. The number of hydrogen-bond acceptors (Lipinski definition) is 4. The molecule has 2 rings (SSSR count). The molecule has 1 amide bonds. The van der Waals surface area contributed by atoms with Gasteiger partial charge in [-0.3, -0.25) is 4.79 Å². The lowest BCUT2D eigenvalue weighted by Gasteiger charge is -2.27. The van der Waals surface area contributed by atoms with Crippen molar-refractivity contribution in [1.29, 1.82) is 0 Å². The molecule has 0 bridgehead atoms. The first-order valence-electron chi connectivity index (χ1n) is 7.13. The molecule has 114 valence electrons. The van der Waals surface area contributed by atoms with Gasteiger partial charge in [-0.1, -0.05) is 0 Å². The van der Waals surface area contributed by atoms with Crippen molar-refractivity contribution in [1.82, 2.24) is 0 Å². The molecular formula is C15H20N2O4. The summed E-state index contributed by atoms with van der Waals surface area (Å²) in [6, 6.07) is 6.19. The van der Waals surface area contributed by atoms with E-state index >= 15 is 0 Å². The second kappa shape index (κ2) is 7.08. The Labute approximate surface area is 123 Å². The highest BCUT2D eigenvalue weighted by atomic mass is 16.5. The minimum absolute atomic E-state index is 0.0202. The molecule has 6 nitrogen and oxygen atoms in total. The van der Waals surface area contributed by atoms with Crippen molar-refractivity contribution < 1.29 is 24.3 Å². The minimum Gasteiger partial charge on any atom is -0.545 e. The summed E-state index contributed by atoms with van der Waals surface area (Å²) in [7, 11) is 0. The van der Waals surface area contributed by atoms with Crippen molar-refractivity contribution in [3.63, 3.8) is 0 Å². The predicted molar refractivity (Wildman–Crippen MR) is 73.7 cm³/mol. The average molecular weight is 292 g/mol. The van der Waals surface area contributed by atoms with Gasteiger partial charge in [0.15, 0.2) is 0 Å². The Kier molecular flexibility index (Phi) is 5.16. The first kappa shape index (κ1) is 15.3. The zero-order valence-corrected chi connectivity index (χ0v) is 11.8. The summed E-state index contributed by atoms with van der Waals surface area (Å²) in [4.78, 5) is 23.1. The molecule has 21 heavy (non-hydrogen) atoms. The van der Waals surface area contributed by atoms with E-state index in [9.17, 15) is 14.7 Å². The maximum absolute atomic E-state index is 11.1. The molecule has 0 radical (unpaired) electrons. The zero-order valence-electron chi connectivity index (χ0n) is 11.8. The number of hydrogen-bond donors (Lipinski definition) is 2. The summed E-state index contributed by atoms with van der Waals surface area (Å²) in [6.07, 6.45) is 1.68. The number of carboxylic acid groups (broad SMARTS) is 1. The minimum atomic E-state index is -1.19. The number of rotatable bonds is 6. The van der Waals surface area contributed by atoms with E-state index in [0.29, 0.717) is 12.4 Å². The fourth-order valence-electron chi connectivity index (χ4n) is 2.56. The second-order valence-corrected chi connectivity index (χ2v) is 5.34. The molecule has 3 N–H and O–H groups in total. The van der Waals surface area contributed by atoms with E-state index in [1.54, 1.807) is 12.1 Å². The number of ether oxygens (including phenoxy) is 1. The van der Waals surface area contributed by atoms with Crippen LogP contribution >= 0.6 is 0 Å². The monoisotopic (exact) mass is 292 g/mol. The van der Waals surface area contributed by atoms with Crippen molar-refractivity contribution in [2.75, 3.05) is 26.2 Å². The normalized spacial score (nSPS) is 21.7. The van der Waals surface area contributed by atoms with Crippen molar-refractivity contribution >= 4 is 11.9 Å². The van der Waals surface area contributed by atoms with Gasteiger partial charge < -0.3 is 25.3 Å². The lowest BCUT2D eigenvalue weighted by atomic mass is 9.96. The summed E-state index contributed by atoms with van der Waals surface area (Å²) >= 11 is 0. The summed E-state index contributed by atoms with van der Waals surface area (Å²) in [5, 5.41) is 10.6. The second-order valence-electron chi connectivity index (χ2n) is 5.34. The van der Waals surface area contributed by atoms with Crippen LogP contribution in [-0.2, 0) is 4.79 Å². The topological polar surface area (TPSA) is 96.9 Å². The largest absolute Gasteiger partial charge is 0.545 e. The van der Waals surface area contributed by atoms with E-state index in [4.69, 9.17) is 10.5 Å². The first-order valence-corrected chi connectivity index (χ1v) is 7.13. The maximum atomic E-state index is 11.1. The zero-order chi connectivity index (χ0) is 15.2. The van der Waals surface area contributed by atoms with E-state index in [0.717, 1.165) is 32.5 Å². The summed E-state index contributed by atoms with van der Waals surface area (Å²) in [6.45, 7) is 3.27. The molecule has 0 aromatic heterocycles. The Morgan fingerprint density at radius 2 is 1.86 bits per heavy atom. The van der Waals surface area contributed by atoms with Crippen LogP contribution in [0.2, 0.25) is 0 Å². The highest BCUT2D eigenvalue weighted by Gasteiger charge is 2.25. The Balaban J connectivity index is 1.70. The molecular weight excluding hydrogens is 272 g/mol. The standard InChI is InChI=1S/C15H20N2O4/c16-14(18)11-5-7-17(8-6-11)9-10-21-13-3-1-12(2-4-13)15(19)20/h1-4,11H,5-10H2,(H2,16,18)(H,19,20). The number of primary amides is 1. The smallest absolute Gasteiger partial charge is 0.220 e. The molecule has 0 spiro atoms. The van der Waals surface area contributed by atoms with Crippen molar-refractivity contribution in [2.45, 2.75) is 12.8 Å². The highest BCUT2D eigenvalue weighted by Crippen LogP contribution is 2.11. The molecule has 1 aliphatic heterocycles. The number of carboxylic acids is 1. The molecule has 6 heteroatoms. The Morgan fingerprint density at radius 1 is 1.24 bits per heavy atom. The number of nitrogens with two attached hydrogens (primary N) is 1. The van der Waals surface area contributed by atoms with Crippen LogP contribution in [-0.4, -0.2) is 38.1 Å². The summed E-state index contributed by atoms with van der Waals surface area (Å²) in [5.41, 5.74) is 5.44. The van der Waals surface area contributed by atoms with Crippen LogP contribution in [0.1, 0.15) is 23.2 Å². The maximum Gasteiger partial charge on any atom is 0.220 e. The lowest BCUT2D eigenvalue weighted by Crippen LogP contribution is -3.13. The average Bonchev–Trinajstić information content (AvgIpc) is 2.48. The number of nitrogens with one attached hydrogen (secondary N) is 1. The van der Waals surface area contributed by atoms with Crippen molar-refractivity contribution in [3.8, 4) is 5.75 Å². The van der Waals surface area contributed by atoms with E-state index in [2.05, 4.69) is 0 Å². The highest BCUT2D eigenvalue weighted by molar-refractivity contribution is 5.85. The third-order valence-corrected chi connectivity index (χ3v) is 3.91. The third-order valence-electron chi connectivity index (χ3n) is 3.91. The van der Waals surface area contributed by atoms with Crippen LogP contribution in [0.15, 0.2) is 24.3 Å². The van der Waals surface area contributed by atoms with E-state index < -0.39 is 5.97 Å². The molecule has 0 unspecified atom stereocenters. The van der Waals surface area contributed by atoms with Crippen LogP contribution in [0.3, 0.4) is 0 Å². The molecule has 1 aromatic rings. The van der Waals surface area contributed by atoms with Crippen LogP contribution < -0.4 is 20.5 Å². The molecule has 1 heterocycles. The van der Waals surface area contributed by atoms with Gasteiger partial charge in [0.2, 0.25) is 5.91 Å². The first-order chi connectivity index (χ1) is 10.1. The van der Waals surface area contributed by atoms with Gasteiger partial charge >= 0.3 is 0 Å².